The van der Waals surface area contributed by atoms with E-state index in [1.165, 1.54) is 96.7 Å². The second-order valence-corrected chi connectivity index (χ2v) is 13.3. The fourth-order valence-electron chi connectivity index (χ4n) is 10.2. The molecule has 3 heteroatoms. The van der Waals surface area contributed by atoms with E-state index >= 15 is 0 Å². The minimum absolute atomic E-state index is 0. The molecule has 1 aliphatic heterocycles. The second kappa shape index (κ2) is 10.1. The van der Waals surface area contributed by atoms with Crippen LogP contribution in [0.15, 0.2) is 0 Å². The summed E-state index contributed by atoms with van der Waals surface area (Å²) in [6.07, 6.45) is 19.5. The standard InChI is InChI=1S/C29H51NO.ClH/c1-21(8-7-19-30-17-5-4-6-18-30)25-11-12-26-24-10-9-22-20-23(31)13-15-28(22,2)27(24)14-16-29(25,26)3;/h21-27,31H,4-20H2,1-3H3;1H/t21-,22-,23-,24+,25-,26+,27+,28+,29-;/m1./s1. The van der Waals surface area contributed by atoms with Gasteiger partial charge in [-0.3, -0.25) is 0 Å². The first kappa shape index (κ1) is 25.3. The molecule has 5 rings (SSSR count). The van der Waals surface area contributed by atoms with E-state index < -0.39 is 0 Å². The Balaban J connectivity index is 0.00000245. The quantitative estimate of drug-likeness (QED) is 0.459. The van der Waals surface area contributed by atoms with Crippen molar-refractivity contribution in [3.8, 4) is 0 Å². The Bertz CT molecular complexity index is 620. The SMILES string of the molecule is C[C@H](CCCN1CCCCC1)[C@H]1CC[C@H]2[C@@H]3CC[C@@H]4C[C@H](O)CC[C@]4(C)[C@H]3CC[C@]12C.Cl. The van der Waals surface area contributed by atoms with Crippen LogP contribution in [0.2, 0.25) is 0 Å². The van der Waals surface area contributed by atoms with Crippen LogP contribution < -0.4 is 0 Å². The normalized spacial score (nSPS) is 47.6. The molecular formula is C29H52ClNO. The van der Waals surface area contributed by atoms with Crippen molar-refractivity contribution in [2.45, 2.75) is 117 Å². The molecule has 32 heavy (non-hydrogen) atoms. The number of likely N-dealkylation sites (tertiary alicyclic amines) is 1. The number of nitrogens with zero attached hydrogens (tertiary/aromatic N) is 1. The van der Waals surface area contributed by atoms with Gasteiger partial charge in [-0.1, -0.05) is 27.2 Å². The van der Waals surface area contributed by atoms with Crippen LogP contribution in [0, 0.1) is 46.3 Å². The number of fused-ring (bicyclic) bond motifs is 5. The molecule has 2 nitrogen and oxygen atoms in total. The van der Waals surface area contributed by atoms with Crippen molar-refractivity contribution in [2.24, 2.45) is 46.3 Å². The summed E-state index contributed by atoms with van der Waals surface area (Å²) in [5, 5.41) is 10.3. The minimum Gasteiger partial charge on any atom is -0.393 e. The molecule has 4 aliphatic carbocycles. The molecule has 0 aromatic heterocycles. The first-order valence-electron chi connectivity index (χ1n) is 14.3. The molecule has 5 fully saturated rings. The van der Waals surface area contributed by atoms with Crippen LogP contribution in [0.3, 0.4) is 0 Å². The van der Waals surface area contributed by atoms with Gasteiger partial charge in [0.2, 0.25) is 0 Å². The third kappa shape index (κ3) is 4.44. The monoisotopic (exact) mass is 465 g/mol. The van der Waals surface area contributed by atoms with Gasteiger partial charge in [-0.05, 0) is 149 Å². The Morgan fingerprint density at radius 3 is 2.38 bits per heavy atom. The summed E-state index contributed by atoms with van der Waals surface area (Å²) in [5.41, 5.74) is 1.14. The Hall–Kier alpha value is 0.210. The van der Waals surface area contributed by atoms with E-state index in [9.17, 15) is 5.11 Å². The summed E-state index contributed by atoms with van der Waals surface area (Å²) in [7, 11) is 0. The second-order valence-electron chi connectivity index (χ2n) is 13.3. The summed E-state index contributed by atoms with van der Waals surface area (Å²) in [6, 6.07) is 0. The van der Waals surface area contributed by atoms with Crippen LogP contribution >= 0.6 is 12.4 Å². The van der Waals surface area contributed by atoms with E-state index in [0.29, 0.717) is 10.8 Å². The van der Waals surface area contributed by atoms with Gasteiger partial charge in [0.1, 0.15) is 0 Å². The Labute approximate surface area is 205 Å². The van der Waals surface area contributed by atoms with Gasteiger partial charge in [0.25, 0.3) is 0 Å². The molecular weight excluding hydrogens is 414 g/mol. The van der Waals surface area contributed by atoms with Gasteiger partial charge in [-0.25, -0.2) is 0 Å². The van der Waals surface area contributed by atoms with E-state index in [2.05, 4.69) is 25.7 Å². The average Bonchev–Trinajstić information content (AvgIpc) is 3.12. The molecule has 0 radical (unpaired) electrons. The molecule has 0 spiro atoms. The van der Waals surface area contributed by atoms with Gasteiger partial charge < -0.3 is 10.0 Å². The number of hydrogen-bond donors (Lipinski definition) is 1. The highest BCUT2D eigenvalue weighted by Gasteiger charge is 2.60. The van der Waals surface area contributed by atoms with Gasteiger partial charge in [0, 0.05) is 0 Å². The number of hydrogen-bond acceptors (Lipinski definition) is 2. The van der Waals surface area contributed by atoms with Crippen molar-refractivity contribution in [3.05, 3.63) is 0 Å². The van der Waals surface area contributed by atoms with Gasteiger partial charge in [-0.2, -0.15) is 0 Å². The first-order chi connectivity index (χ1) is 14.9. The van der Waals surface area contributed by atoms with Crippen molar-refractivity contribution in [3.63, 3.8) is 0 Å². The Morgan fingerprint density at radius 2 is 1.59 bits per heavy atom. The van der Waals surface area contributed by atoms with E-state index in [1.54, 1.807) is 0 Å². The number of halogens is 1. The molecule has 0 unspecified atom stereocenters. The number of aliphatic hydroxyl groups is 1. The van der Waals surface area contributed by atoms with Crippen molar-refractivity contribution in [2.75, 3.05) is 19.6 Å². The zero-order valence-electron chi connectivity index (χ0n) is 21.4. The van der Waals surface area contributed by atoms with Crippen LogP contribution in [0.4, 0.5) is 0 Å². The smallest absolute Gasteiger partial charge is 0.0543 e. The number of aliphatic hydroxyl groups excluding tert-OH is 1. The summed E-state index contributed by atoms with van der Waals surface area (Å²) < 4.78 is 0. The molecule has 1 N–H and O–H groups in total. The molecule has 0 aromatic rings. The first-order valence-corrected chi connectivity index (χ1v) is 14.3. The van der Waals surface area contributed by atoms with Gasteiger partial charge in [0.05, 0.1) is 6.10 Å². The fourth-order valence-corrected chi connectivity index (χ4v) is 10.2. The molecule has 1 saturated heterocycles. The van der Waals surface area contributed by atoms with Crippen LogP contribution in [0.5, 0.6) is 0 Å². The lowest BCUT2D eigenvalue weighted by Gasteiger charge is -2.61. The summed E-state index contributed by atoms with van der Waals surface area (Å²) >= 11 is 0. The Morgan fingerprint density at radius 1 is 0.875 bits per heavy atom. The van der Waals surface area contributed by atoms with Crippen LogP contribution in [0.1, 0.15) is 111 Å². The predicted octanol–water partition coefficient (Wildman–Crippen LogP) is 7.33. The molecule has 1 heterocycles. The molecule has 9 atom stereocenters. The van der Waals surface area contributed by atoms with Crippen LogP contribution in [-0.4, -0.2) is 35.7 Å². The third-order valence-corrected chi connectivity index (χ3v) is 12.0. The van der Waals surface area contributed by atoms with Crippen molar-refractivity contribution < 1.29 is 5.11 Å². The van der Waals surface area contributed by atoms with Crippen LogP contribution in [0.25, 0.3) is 0 Å². The largest absolute Gasteiger partial charge is 0.393 e. The maximum absolute atomic E-state index is 10.3. The minimum atomic E-state index is -0.00914. The molecule has 186 valence electrons. The highest BCUT2D eigenvalue weighted by molar-refractivity contribution is 5.85. The highest BCUT2D eigenvalue weighted by Crippen LogP contribution is 2.68. The predicted molar refractivity (Wildman–Crippen MR) is 137 cm³/mol. The maximum atomic E-state index is 10.3. The zero-order chi connectivity index (χ0) is 21.6. The van der Waals surface area contributed by atoms with E-state index in [0.717, 1.165) is 48.3 Å². The Kier molecular flexibility index (Phi) is 7.96. The van der Waals surface area contributed by atoms with E-state index in [-0.39, 0.29) is 18.5 Å². The van der Waals surface area contributed by atoms with Crippen molar-refractivity contribution in [1.29, 1.82) is 0 Å². The topological polar surface area (TPSA) is 23.5 Å². The molecule has 0 bridgehead atoms. The van der Waals surface area contributed by atoms with Crippen molar-refractivity contribution in [1.82, 2.24) is 4.90 Å². The number of piperidine rings is 1. The summed E-state index contributed by atoms with van der Waals surface area (Å²) in [6.45, 7) is 12.0. The lowest BCUT2D eigenvalue weighted by atomic mass is 9.44. The summed E-state index contributed by atoms with van der Waals surface area (Å²) in [5.74, 6) is 5.61. The lowest BCUT2D eigenvalue weighted by Crippen LogP contribution is -2.54. The lowest BCUT2D eigenvalue weighted by molar-refractivity contribution is -0.129. The fraction of sp³-hybridized carbons (Fsp3) is 1.00. The zero-order valence-corrected chi connectivity index (χ0v) is 22.2. The van der Waals surface area contributed by atoms with Gasteiger partial charge >= 0.3 is 0 Å². The van der Waals surface area contributed by atoms with E-state index in [1.807, 2.05) is 0 Å². The van der Waals surface area contributed by atoms with Crippen molar-refractivity contribution >= 4 is 12.4 Å². The average molecular weight is 466 g/mol. The summed E-state index contributed by atoms with van der Waals surface area (Å²) in [4.78, 5) is 2.74. The molecule has 0 aromatic carbocycles. The molecule has 5 aliphatic rings. The third-order valence-electron chi connectivity index (χ3n) is 12.0. The van der Waals surface area contributed by atoms with Gasteiger partial charge in [-0.15, -0.1) is 12.4 Å². The van der Waals surface area contributed by atoms with Gasteiger partial charge in [0.15, 0.2) is 0 Å². The molecule has 0 amide bonds. The van der Waals surface area contributed by atoms with E-state index in [4.69, 9.17) is 0 Å². The van der Waals surface area contributed by atoms with Crippen LogP contribution in [-0.2, 0) is 0 Å². The highest BCUT2D eigenvalue weighted by atomic mass is 35.5. The number of rotatable bonds is 5. The maximum Gasteiger partial charge on any atom is 0.0543 e. The molecule has 4 saturated carbocycles.